The molecule has 0 atom stereocenters. The molecule has 2 rings (SSSR count). The van der Waals surface area contributed by atoms with E-state index in [4.69, 9.17) is 4.74 Å². The average molecular weight is 414 g/mol. The molecule has 0 saturated heterocycles. The summed E-state index contributed by atoms with van der Waals surface area (Å²) < 4.78 is 38.0. The summed E-state index contributed by atoms with van der Waals surface area (Å²) in [5.41, 5.74) is 0.727. The SMILES string of the molecule is CCCCCCCCCc1cc(S(=O)(=O)O)ccc1Oc1ccc([O-])cc1.[Na+]. The molecule has 0 saturated carbocycles. The summed E-state index contributed by atoms with van der Waals surface area (Å²) in [4.78, 5) is -0.136. The predicted molar refractivity (Wildman–Crippen MR) is 104 cm³/mol. The third-order valence-corrected chi connectivity index (χ3v) is 5.28. The predicted octanol–water partition coefficient (Wildman–Crippen LogP) is 2.10. The van der Waals surface area contributed by atoms with Crippen LogP contribution in [0.5, 0.6) is 17.2 Å². The maximum absolute atomic E-state index is 11.4. The molecule has 0 aromatic heterocycles. The topological polar surface area (TPSA) is 86.7 Å². The summed E-state index contributed by atoms with van der Waals surface area (Å²) in [5.74, 6) is 0.939. The van der Waals surface area contributed by atoms with Gasteiger partial charge < -0.3 is 9.84 Å². The molecule has 2 aromatic carbocycles. The summed E-state index contributed by atoms with van der Waals surface area (Å²) in [6.45, 7) is 2.19. The summed E-state index contributed by atoms with van der Waals surface area (Å²) in [7, 11) is -4.26. The van der Waals surface area contributed by atoms with Gasteiger partial charge in [-0.15, -0.1) is 5.75 Å². The van der Waals surface area contributed by atoms with Gasteiger partial charge in [0, 0.05) is 0 Å². The number of hydrogen-bond donors (Lipinski definition) is 1. The molecule has 2 aromatic rings. The van der Waals surface area contributed by atoms with Gasteiger partial charge in [-0.1, -0.05) is 57.6 Å². The molecular formula is C21H27NaO5S. The van der Waals surface area contributed by atoms with E-state index in [0.29, 0.717) is 17.9 Å². The minimum absolute atomic E-state index is 0. The van der Waals surface area contributed by atoms with Crippen LogP contribution in [0, 0.1) is 0 Å². The molecule has 0 heterocycles. The molecule has 0 amide bonds. The van der Waals surface area contributed by atoms with Crippen LogP contribution in [0.2, 0.25) is 0 Å². The number of unbranched alkanes of at least 4 members (excludes halogenated alkanes) is 6. The van der Waals surface area contributed by atoms with Crippen LogP contribution < -0.4 is 39.4 Å². The third-order valence-electron chi connectivity index (χ3n) is 4.43. The average Bonchev–Trinajstić information content (AvgIpc) is 2.63. The van der Waals surface area contributed by atoms with Crippen LogP contribution in [0.1, 0.15) is 57.4 Å². The number of aryl methyl sites for hydroxylation is 1. The Labute approximate surface area is 190 Å². The molecule has 0 aliphatic carbocycles. The van der Waals surface area contributed by atoms with Gasteiger partial charge in [0.1, 0.15) is 11.5 Å². The molecule has 5 nitrogen and oxygen atoms in total. The second kappa shape index (κ2) is 12.5. The number of rotatable bonds is 11. The van der Waals surface area contributed by atoms with Crippen LogP contribution in [-0.2, 0) is 16.5 Å². The fourth-order valence-electron chi connectivity index (χ4n) is 2.92. The first-order chi connectivity index (χ1) is 12.9. The normalized spacial score (nSPS) is 11.1. The number of ether oxygens (including phenoxy) is 1. The Morgan fingerprint density at radius 3 is 2.14 bits per heavy atom. The van der Waals surface area contributed by atoms with Crippen molar-refractivity contribution in [2.75, 3.05) is 0 Å². The van der Waals surface area contributed by atoms with Gasteiger partial charge in [0.25, 0.3) is 10.1 Å². The monoisotopic (exact) mass is 414 g/mol. The number of hydrogen-bond acceptors (Lipinski definition) is 4. The van der Waals surface area contributed by atoms with Crippen molar-refractivity contribution >= 4 is 10.1 Å². The van der Waals surface area contributed by atoms with Crippen molar-refractivity contribution < 1.29 is 52.4 Å². The summed E-state index contributed by atoms with van der Waals surface area (Å²) in [5, 5.41) is 11.2. The van der Waals surface area contributed by atoms with E-state index >= 15 is 0 Å². The molecule has 0 unspecified atom stereocenters. The largest absolute Gasteiger partial charge is 1.00 e. The standard InChI is InChI=1S/C21H28O5S.Na/c1-2-3-4-5-6-7-8-9-17-16-20(27(23,24)25)14-15-21(17)26-19-12-10-18(22)11-13-19;/h10-16,22H,2-9H2,1H3,(H,23,24,25);/q;+1/p-1. The first-order valence-electron chi connectivity index (χ1n) is 9.45. The molecule has 0 aliphatic rings. The van der Waals surface area contributed by atoms with Crippen molar-refractivity contribution in [2.24, 2.45) is 0 Å². The van der Waals surface area contributed by atoms with E-state index in [1.54, 1.807) is 18.2 Å². The number of benzene rings is 2. The van der Waals surface area contributed by atoms with E-state index in [-0.39, 0.29) is 40.2 Å². The summed E-state index contributed by atoms with van der Waals surface area (Å²) >= 11 is 0. The third kappa shape index (κ3) is 8.53. The molecule has 0 fully saturated rings. The first-order valence-corrected chi connectivity index (χ1v) is 10.9. The molecule has 0 bridgehead atoms. The maximum atomic E-state index is 11.4. The molecule has 28 heavy (non-hydrogen) atoms. The van der Waals surface area contributed by atoms with Gasteiger partial charge in [0.05, 0.1) is 4.90 Å². The van der Waals surface area contributed by atoms with Gasteiger partial charge in [0.15, 0.2) is 0 Å². The second-order valence-electron chi connectivity index (χ2n) is 6.69. The van der Waals surface area contributed by atoms with Crippen LogP contribution in [0.4, 0.5) is 0 Å². The Morgan fingerprint density at radius 2 is 1.54 bits per heavy atom. The second-order valence-corrected chi connectivity index (χ2v) is 8.11. The van der Waals surface area contributed by atoms with Crippen molar-refractivity contribution in [3.05, 3.63) is 48.0 Å². The van der Waals surface area contributed by atoms with E-state index < -0.39 is 10.1 Å². The zero-order chi connectivity index (χ0) is 19.7. The van der Waals surface area contributed by atoms with Crippen molar-refractivity contribution in [3.63, 3.8) is 0 Å². The fraction of sp³-hybridized carbons (Fsp3) is 0.429. The molecule has 0 aliphatic heterocycles. The fourth-order valence-corrected chi connectivity index (χ4v) is 3.45. The van der Waals surface area contributed by atoms with Crippen LogP contribution in [-0.4, -0.2) is 13.0 Å². The summed E-state index contributed by atoms with van der Waals surface area (Å²) in [6, 6.07) is 10.3. The Balaban J connectivity index is 0.00000392. The Hall–Kier alpha value is -1.05. The smallest absolute Gasteiger partial charge is 0.872 e. The van der Waals surface area contributed by atoms with E-state index in [1.165, 1.54) is 49.9 Å². The van der Waals surface area contributed by atoms with Crippen molar-refractivity contribution in [3.8, 4) is 17.2 Å². The molecular weight excluding hydrogens is 387 g/mol. The quantitative estimate of drug-likeness (QED) is 0.346. The first kappa shape index (κ1) is 25.0. The van der Waals surface area contributed by atoms with E-state index in [1.807, 2.05) is 0 Å². The van der Waals surface area contributed by atoms with Crippen LogP contribution >= 0.6 is 0 Å². The summed E-state index contributed by atoms with van der Waals surface area (Å²) in [6.07, 6.45) is 8.72. The van der Waals surface area contributed by atoms with Gasteiger partial charge >= 0.3 is 29.6 Å². The zero-order valence-corrected chi connectivity index (χ0v) is 19.5. The van der Waals surface area contributed by atoms with E-state index in [9.17, 15) is 18.1 Å². The molecule has 0 radical (unpaired) electrons. The van der Waals surface area contributed by atoms with Crippen molar-refractivity contribution in [1.82, 2.24) is 0 Å². The Kier molecular flexibility index (Phi) is 11.2. The Morgan fingerprint density at radius 1 is 0.929 bits per heavy atom. The minimum atomic E-state index is -4.26. The van der Waals surface area contributed by atoms with Gasteiger partial charge in [-0.3, -0.25) is 4.55 Å². The van der Waals surface area contributed by atoms with Crippen LogP contribution in [0.15, 0.2) is 47.4 Å². The minimum Gasteiger partial charge on any atom is -0.872 e. The molecule has 148 valence electrons. The molecule has 7 heteroatoms. The van der Waals surface area contributed by atoms with Crippen LogP contribution in [0.3, 0.4) is 0 Å². The Bertz CT molecular complexity index is 819. The van der Waals surface area contributed by atoms with E-state index in [2.05, 4.69) is 6.92 Å². The van der Waals surface area contributed by atoms with Crippen molar-refractivity contribution in [1.29, 1.82) is 0 Å². The maximum Gasteiger partial charge on any atom is 1.00 e. The molecule has 0 spiro atoms. The van der Waals surface area contributed by atoms with Gasteiger partial charge in [-0.25, -0.2) is 0 Å². The van der Waals surface area contributed by atoms with E-state index in [0.717, 1.165) is 24.8 Å². The van der Waals surface area contributed by atoms with Crippen molar-refractivity contribution in [2.45, 2.75) is 63.2 Å². The van der Waals surface area contributed by atoms with Crippen LogP contribution in [0.25, 0.3) is 0 Å². The zero-order valence-electron chi connectivity index (χ0n) is 16.7. The van der Waals surface area contributed by atoms with Gasteiger partial charge in [-0.2, -0.15) is 8.42 Å². The van der Waals surface area contributed by atoms with Gasteiger partial charge in [0.2, 0.25) is 0 Å². The van der Waals surface area contributed by atoms with Gasteiger partial charge in [-0.05, 0) is 48.7 Å². The molecule has 1 N–H and O–H groups in total.